The van der Waals surface area contributed by atoms with E-state index >= 15 is 0 Å². The summed E-state index contributed by atoms with van der Waals surface area (Å²) < 4.78 is 0.930. The van der Waals surface area contributed by atoms with Gasteiger partial charge in [-0.25, -0.2) is 0 Å². The van der Waals surface area contributed by atoms with E-state index in [9.17, 15) is 4.79 Å². The number of benzene rings is 1. The lowest BCUT2D eigenvalue weighted by Gasteiger charge is -2.32. The van der Waals surface area contributed by atoms with E-state index in [-0.39, 0.29) is 5.91 Å². The molecule has 1 saturated heterocycles. The van der Waals surface area contributed by atoms with Crippen LogP contribution in [0.4, 0.5) is 0 Å². The summed E-state index contributed by atoms with van der Waals surface area (Å²) >= 11 is 3.37. The molecule has 0 saturated carbocycles. The maximum absolute atomic E-state index is 11.9. The molecule has 2 rings (SSSR count). The zero-order valence-corrected chi connectivity index (χ0v) is 12.8. The number of carbonyl (C=O) groups is 1. The molecule has 1 N–H and O–H groups in total. The smallest absolute Gasteiger partial charge is 0.251 e. The first-order chi connectivity index (χ1) is 9.15. The molecule has 0 spiro atoms. The maximum atomic E-state index is 11.9. The van der Waals surface area contributed by atoms with Crippen molar-refractivity contribution in [2.45, 2.75) is 0 Å². The van der Waals surface area contributed by atoms with Gasteiger partial charge in [-0.05, 0) is 25.2 Å². The van der Waals surface area contributed by atoms with Crippen molar-refractivity contribution in [2.75, 3.05) is 46.3 Å². The number of nitrogens with zero attached hydrogens (tertiary/aromatic N) is 2. The largest absolute Gasteiger partial charge is 0.351 e. The fraction of sp³-hybridized carbons (Fsp3) is 0.500. The summed E-state index contributed by atoms with van der Waals surface area (Å²) in [6.07, 6.45) is 0. The Bertz CT molecular complexity index is 430. The van der Waals surface area contributed by atoms with Gasteiger partial charge < -0.3 is 10.2 Å². The van der Waals surface area contributed by atoms with E-state index in [0.29, 0.717) is 12.1 Å². The molecule has 1 amide bonds. The number of piperazine rings is 1. The zero-order chi connectivity index (χ0) is 13.7. The minimum atomic E-state index is -0.00423. The van der Waals surface area contributed by atoms with Crippen LogP contribution >= 0.6 is 15.9 Å². The lowest BCUT2D eigenvalue weighted by atomic mass is 10.2. The highest BCUT2D eigenvalue weighted by Gasteiger charge is 2.13. The van der Waals surface area contributed by atoms with Crippen molar-refractivity contribution >= 4 is 21.8 Å². The minimum absolute atomic E-state index is 0.00423. The summed E-state index contributed by atoms with van der Waals surface area (Å²) in [6, 6.07) is 7.46. The van der Waals surface area contributed by atoms with Crippen LogP contribution in [0.2, 0.25) is 0 Å². The summed E-state index contributed by atoms with van der Waals surface area (Å²) in [7, 11) is 2.15. The van der Waals surface area contributed by atoms with E-state index in [4.69, 9.17) is 0 Å². The quantitative estimate of drug-likeness (QED) is 0.909. The molecule has 1 aromatic rings. The van der Waals surface area contributed by atoms with Crippen LogP contribution in [0.25, 0.3) is 0 Å². The predicted molar refractivity (Wildman–Crippen MR) is 80.4 cm³/mol. The van der Waals surface area contributed by atoms with E-state index in [0.717, 1.165) is 37.2 Å². The van der Waals surface area contributed by atoms with Crippen molar-refractivity contribution in [3.8, 4) is 0 Å². The van der Waals surface area contributed by atoms with Crippen molar-refractivity contribution in [1.82, 2.24) is 15.1 Å². The van der Waals surface area contributed by atoms with Gasteiger partial charge in [0.2, 0.25) is 0 Å². The van der Waals surface area contributed by atoms with Crippen LogP contribution in [0, 0.1) is 0 Å². The standard InChI is InChI=1S/C14H20BrN3O/c1-17-7-9-18(10-8-17)6-5-16-14(19)12-3-2-4-13(15)11-12/h2-4,11H,5-10H2,1H3,(H,16,19). The number of halogens is 1. The Kier molecular flexibility index (Phi) is 5.36. The van der Waals surface area contributed by atoms with E-state index in [1.54, 1.807) is 0 Å². The molecule has 0 aromatic heterocycles. The molecule has 1 heterocycles. The zero-order valence-electron chi connectivity index (χ0n) is 11.2. The highest BCUT2D eigenvalue weighted by atomic mass is 79.9. The monoisotopic (exact) mass is 325 g/mol. The molecular formula is C14H20BrN3O. The fourth-order valence-electron chi connectivity index (χ4n) is 2.13. The third kappa shape index (κ3) is 4.60. The van der Waals surface area contributed by atoms with Crippen LogP contribution in [0.3, 0.4) is 0 Å². The van der Waals surface area contributed by atoms with Gasteiger partial charge in [-0.15, -0.1) is 0 Å². The van der Waals surface area contributed by atoms with Crippen LogP contribution in [0.15, 0.2) is 28.7 Å². The molecular weight excluding hydrogens is 306 g/mol. The lowest BCUT2D eigenvalue weighted by Crippen LogP contribution is -2.46. The van der Waals surface area contributed by atoms with Gasteiger partial charge in [0.25, 0.3) is 5.91 Å². The number of rotatable bonds is 4. The molecule has 0 bridgehead atoms. The second-order valence-corrected chi connectivity index (χ2v) is 5.83. The predicted octanol–water partition coefficient (Wildman–Crippen LogP) is 1.43. The Balaban J connectivity index is 1.72. The second-order valence-electron chi connectivity index (χ2n) is 4.91. The number of likely N-dealkylation sites (N-methyl/N-ethyl adjacent to an activating group) is 1. The van der Waals surface area contributed by atoms with Crippen LogP contribution in [-0.4, -0.2) is 62.0 Å². The second kappa shape index (κ2) is 7.03. The Morgan fingerprint density at radius 1 is 1.32 bits per heavy atom. The SMILES string of the molecule is CN1CCN(CCNC(=O)c2cccc(Br)c2)CC1. The average molecular weight is 326 g/mol. The van der Waals surface area contributed by atoms with Crippen molar-refractivity contribution in [2.24, 2.45) is 0 Å². The first-order valence-corrected chi connectivity index (χ1v) is 7.39. The van der Waals surface area contributed by atoms with Crippen molar-refractivity contribution in [3.63, 3.8) is 0 Å². The molecule has 19 heavy (non-hydrogen) atoms. The molecule has 1 aromatic carbocycles. The highest BCUT2D eigenvalue weighted by molar-refractivity contribution is 9.10. The average Bonchev–Trinajstić information content (AvgIpc) is 2.41. The first-order valence-electron chi connectivity index (χ1n) is 6.60. The molecule has 5 heteroatoms. The van der Waals surface area contributed by atoms with Crippen LogP contribution < -0.4 is 5.32 Å². The van der Waals surface area contributed by atoms with Crippen molar-refractivity contribution in [3.05, 3.63) is 34.3 Å². The molecule has 1 aliphatic rings. The van der Waals surface area contributed by atoms with Crippen LogP contribution in [0.1, 0.15) is 10.4 Å². The normalized spacial score (nSPS) is 17.4. The van der Waals surface area contributed by atoms with E-state index in [1.807, 2.05) is 24.3 Å². The molecule has 0 radical (unpaired) electrons. The van der Waals surface area contributed by atoms with Gasteiger partial charge >= 0.3 is 0 Å². The molecule has 0 unspecified atom stereocenters. The Morgan fingerprint density at radius 3 is 2.74 bits per heavy atom. The Hall–Kier alpha value is -0.910. The summed E-state index contributed by atoms with van der Waals surface area (Å²) in [4.78, 5) is 16.7. The van der Waals surface area contributed by atoms with E-state index in [1.165, 1.54) is 0 Å². The molecule has 0 atom stereocenters. The van der Waals surface area contributed by atoms with E-state index in [2.05, 4.69) is 38.1 Å². The highest BCUT2D eigenvalue weighted by Crippen LogP contribution is 2.11. The number of nitrogens with one attached hydrogen (secondary N) is 1. The number of carbonyl (C=O) groups excluding carboxylic acids is 1. The first kappa shape index (κ1) is 14.5. The summed E-state index contributed by atoms with van der Waals surface area (Å²) in [5, 5.41) is 2.97. The molecule has 1 fully saturated rings. The van der Waals surface area contributed by atoms with Gasteiger partial charge in [-0.2, -0.15) is 0 Å². The topological polar surface area (TPSA) is 35.6 Å². The number of hydrogen-bond acceptors (Lipinski definition) is 3. The Labute approximate surface area is 122 Å². The third-order valence-corrected chi connectivity index (χ3v) is 3.89. The number of amides is 1. The molecule has 4 nitrogen and oxygen atoms in total. The summed E-state index contributed by atoms with van der Waals surface area (Å²) in [5.74, 6) is -0.00423. The van der Waals surface area contributed by atoms with Crippen LogP contribution in [-0.2, 0) is 0 Å². The molecule has 104 valence electrons. The minimum Gasteiger partial charge on any atom is -0.351 e. The number of hydrogen-bond donors (Lipinski definition) is 1. The molecule has 1 aliphatic heterocycles. The summed E-state index contributed by atoms with van der Waals surface area (Å²) in [5.41, 5.74) is 0.702. The van der Waals surface area contributed by atoms with Crippen LogP contribution in [0.5, 0.6) is 0 Å². The molecule has 0 aliphatic carbocycles. The fourth-order valence-corrected chi connectivity index (χ4v) is 2.53. The van der Waals surface area contributed by atoms with Crippen molar-refractivity contribution < 1.29 is 4.79 Å². The Morgan fingerprint density at radius 2 is 2.05 bits per heavy atom. The van der Waals surface area contributed by atoms with Gasteiger partial charge in [0.15, 0.2) is 0 Å². The van der Waals surface area contributed by atoms with Crippen molar-refractivity contribution in [1.29, 1.82) is 0 Å². The van der Waals surface area contributed by atoms with Gasteiger partial charge in [-0.3, -0.25) is 9.69 Å². The van der Waals surface area contributed by atoms with Gasteiger partial charge in [0.1, 0.15) is 0 Å². The van der Waals surface area contributed by atoms with Gasteiger partial charge in [0, 0.05) is 49.3 Å². The van der Waals surface area contributed by atoms with Gasteiger partial charge in [0.05, 0.1) is 0 Å². The lowest BCUT2D eigenvalue weighted by molar-refractivity contribution is 0.0941. The van der Waals surface area contributed by atoms with E-state index < -0.39 is 0 Å². The third-order valence-electron chi connectivity index (χ3n) is 3.40. The summed E-state index contributed by atoms with van der Waals surface area (Å²) in [6.45, 7) is 6.02. The maximum Gasteiger partial charge on any atom is 0.251 e. The van der Waals surface area contributed by atoms with Gasteiger partial charge in [-0.1, -0.05) is 22.0 Å².